The predicted octanol–water partition coefficient (Wildman–Crippen LogP) is 4.22. The summed E-state index contributed by atoms with van der Waals surface area (Å²) in [4.78, 5) is 2.46. The van der Waals surface area contributed by atoms with Gasteiger partial charge in [-0.2, -0.15) is 0 Å². The molecule has 0 bridgehead atoms. The topological polar surface area (TPSA) is 41.9 Å². The SMILES string of the molecule is COc1cccc(C(O)CC2CCN(CCc3ccc(F)cc3)CC2)c1OC. The van der Waals surface area contributed by atoms with Crippen molar-refractivity contribution in [3.8, 4) is 11.5 Å². The number of para-hydroxylation sites is 1. The van der Waals surface area contributed by atoms with Gasteiger partial charge in [0.05, 0.1) is 20.3 Å². The fourth-order valence-electron chi connectivity index (χ4n) is 4.00. The van der Waals surface area contributed by atoms with Crippen LogP contribution in [0.4, 0.5) is 4.39 Å². The van der Waals surface area contributed by atoms with E-state index in [-0.39, 0.29) is 5.82 Å². The lowest BCUT2D eigenvalue weighted by Crippen LogP contribution is -2.35. The van der Waals surface area contributed by atoms with Gasteiger partial charge in [0.15, 0.2) is 11.5 Å². The molecule has 1 aliphatic heterocycles. The zero-order valence-electron chi connectivity index (χ0n) is 16.7. The molecule has 1 heterocycles. The van der Waals surface area contributed by atoms with Gasteiger partial charge >= 0.3 is 0 Å². The number of halogens is 1. The lowest BCUT2D eigenvalue weighted by Gasteiger charge is -2.33. The fourth-order valence-corrected chi connectivity index (χ4v) is 4.00. The molecule has 0 spiro atoms. The van der Waals surface area contributed by atoms with Gasteiger partial charge in [-0.15, -0.1) is 0 Å². The zero-order chi connectivity index (χ0) is 19.9. The summed E-state index contributed by atoms with van der Waals surface area (Å²) >= 11 is 0. The van der Waals surface area contributed by atoms with Crippen LogP contribution in [0.2, 0.25) is 0 Å². The first-order valence-electron chi connectivity index (χ1n) is 9.96. The summed E-state index contributed by atoms with van der Waals surface area (Å²) in [7, 11) is 3.21. The number of piperidine rings is 1. The van der Waals surface area contributed by atoms with E-state index in [0.29, 0.717) is 17.4 Å². The van der Waals surface area contributed by atoms with Gasteiger partial charge in [0.1, 0.15) is 5.82 Å². The number of rotatable bonds is 8. The van der Waals surface area contributed by atoms with Gasteiger partial charge < -0.3 is 19.5 Å². The second-order valence-corrected chi connectivity index (χ2v) is 7.50. The average Bonchev–Trinajstić information content (AvgIpc) is 2.73. The van der Waals surface area contributed by atoms with Gasteiger partial charge in [0, 0.05) is 12.1 Å². The lowest BCUT2D eigenvalue weighted by molar-refractivity contribution is 0.106. The van der Waals surface area contributed by atoms with Crippen molar-refractivity contribution in [3.05, 3.63) is 59.4 Å². The van der Waals surface area contributed by atoms with Crippen LogP contribution in [0, 0.1) is 11.7 Å². The minimum absolute atomic E-state index is 0.184. The van der Waals surface area contributed by atoms with Crippen LogP contribution in [0.15, 0.2) is 42.5 Å². The fraction of sp³-hybridized carbons (Fsp3) is 0.478. The highest BCUT2D eigenvalue weighted by atomic mass is 19.1. The number of benzene rings is 2. The van der Waals surface area contributed by atoms with Crippen LogP contribution in [-0.4, -0.2) is 43.9 Å². The molecule has 0 radical (unpaired) electrons. The van der Waals surface area contributed by atoms with Gasteiger partial charge in [-0.3, -0.25) is 0 Å². The molecule has 0 aliphatic carbocycles. The molecule has 4 nitrogen and oxygen atoms in total. The highest BCUT2D eigenvalue weighted by Gasteiger charge is 2.24. The van der Waals surface area contributed by atoms with E-state index in [1.807, 2.05) is 30.3 Å². The summed E-state index contributed by atoms with van der Waals surface area (Å²) in [6, 6.07) is 12.4. The molecule has 28 heavy (non-hydrogen) atoms. The Kier molecular flexibility index (Phi) is 7.29. The molecule has 0 aromatic heterocycles. The van der Waals surface area contributed by atoms with Crippen LogP contribution >= 0.6 is 0 Å². The van der Waals surface area contributed by atoms with Crippen molar-refractivity contribution < 1.29 is 19.0 Å². The maximum absolute atomic E-state index is 13.0. The molecule has 0 saturated carbocycles. The van der Waals surface area contributed by atoms with Crippen molar-refractivity contribution in [2.24, 2.45) is 5.92 Å². The molecule has 5 heteroatoms. The van der Waals surface area contributed by atoms with E-state index in [2.05, 4.69) is 4.90 Å². The van der Waals surface area contributed by atoms with Gasteiger partial charge in [0.2, 0.25) is 0 Å². The molecule has 1 atom stereocenters. The number of nitrogens with zero attached hydrogens (tertiary/aromatic N) is 1. The zero-order valence-corrected chi connectivity index (χ0v) is 16.7. The van der Waals surface area contributed by atoms with E-state index in [4.69, 9.17) is 9.47 Å². The van der Waals surface area contributed by atoms with Crippen molar-refractivity contribution in [3.63, 3.8) is 0 Å². The number of ether oxygens (including phenoxy) is 2. The molecule has 0 amide bonds. The number of hydrogen-bond acceptors (Lipinski definition) is 4. The Morgan fingerprint density at radius 1 is 1.07 bits per heavy atom. The quantitative estimate of drug-likeness (QED) is 0.736. The van der Waals surface area contributed by atoms with Crippen LogP contribution < -0.4 is 9.47 Å². The molecule has 2 aromatic carbocycles. The second kappa shape index (κ2) is 9.89. The molecular weight excluding hydrogens is 357 g/mol. The first-order chi connectivity index (χ1) is 13.6. The third-order valence-corrected chi connectivity index (χ3v) is 5.69. The Balaban J connectivity index is 1.48. The van der Waals surface area contributed by atoms with E-state index in [0.717, 1.165) is 50.9 Å². The summed E-state index contributed by atoms with van der Waals surface area (Å²) in [5.41, 5.74) is 1.96. The lowest BCUT2D eigenvalue weighted by atomic mass is 9.88. The number of aliphatic hydroxyl groups is 1. The number of aliphatic hydroxyl groups excluding tert-OH is 1. The van der Waals surface area contributed by atoms with Crippen LogP contribution in [0.1, 0.15) is 36.5 Å². The van der Waals surface area contributed by atoms with E-state index in [1.54, 1.807) is 14.2 Å². The Hall–Kier alpha value is -2.11. The molecular formula is C23H30FNO3. The summed E-state index contributed by atoms with van der Waals surface area (Å²) in [5, 5.41) is 10.8. The smallest absolute Gasteiger partial charge is 0.166 e. The summed E-state index contributed by atoms with van der Waals surface area (Å²) in [6.45, 7) is 3.06. The third-order valence-electron chi connectivity index (χ3n) is 5.69. The molecule has 152 valence electrons. The van der Waals surface area contributed by atoms with Gasteiger partial charge in [-0.25, -0.2) is 4.39 Å². The molecule has 2 aromatic rings. The minimum Gasteiger partial charge on any atom is -0.493 e. The normalized spacial score (nSPS) is 16.7. The Labute approximate surface area is 166 Å². The molecule has 1 fully saturated rings. The maximum atomic E-state index is 13.0. The van der Waals surface area contributed by atoms with E-state index in [1.165, 1.54) is 17.7 Å². The van der Waals surface area contributed by atoms with E-state index in [9.17, 15) is 9.50 Å². The molecule has 1 saturated heterocycles. The Morgan fingerprint density at radius 2 is 1.79 bits per heavy atom. The van der Waals surface area contributed by atoms with Crippen LogP contribution in [-0.2, 0) is 6.42 Å². The van der Waals surface area contributed by atoms with Crippen molar-refractivity contribution in [2.75, 3.05) is 33.9 Å². The summed E-state index contributed by atoms with van der Waals surface area (Å²) in [6.07, 6.45) is 3.27. The molecule has 1 unspecified atom stereocenters. The monoisotopic (exact) mass is 387 g/mol. The highest BCUT2D eigenvalue weighted by Crippen LogP contribution is 2.38. The summed E-state index contributed by atoms with van der Waals surface area (Å²) < 4.78 is 23.8. The molecule has 3 rings (SSSR count). The minimum atomic E-state index is -0.555. The third kappa shape index (κ3) is 5.24. The Morgan fingerprint density at radius 3 is 2.43 bits per heavy atom. The van der Waals surface area contributed by atoms with Gasteiger partial charge in [-0.1, -0.05) is 24.3 Å². The maximum Gasteiger partial charge on any atom is 0.166 e. The average molecular weight is 387 g/mol. The van der Waals surface area contributed by atoms with Gasteiger partial charge in [0.25, 0.3) is 0 Å². The van der Waals surface area contributed by atoms with Crippen LogP contribution in [0.3, 0.4) is 0 Å². The van der Waals surface area contributed by atoms with Gasteiger partial charge in [-0.05, 0) is 68.5 Å². The predicted molar refractivity (Wildman–Crippen MR) is 108 cm³/mol. The van der Waals surface area contributed by atoms with E-state index < -0.39 is 6.10 Å². The van der Waals surface area contributed by atoms with Crippen molar-refractivity contribution in [1.82, 2.24) is 4.90 Å². The number of hydrogen-bond donors (Lipinski definition) is 1. The number of methoxy groups -OCH3 is 2. The van der Waals surface area contributed by atoms with E-state index >= 15 is 0 Å². The first kappa shape index (κ1) is 20.6. The highest BCUT2D eigenvalue weighted by molar-refractivity contribution is 5.47. The first-order valence-corrected chi connectivity index (χ1v) is 9.96. The van der Waals surface area contributed by atoms with Crippen molar-refractivity contribution in [1.29, 1.82) is 0 Å². The molecule has 1 aliphatic rings. The summed E-state index contributed by atoms with van der Waals surface area (Å²) in [5.74, 6) is 1.58. The largest absolute Gasteiger partial charge is 0.493 e. The standard InChI is InChI=1S/C23H30FNO3/c1-27-22-5-3-4-20(23(22)28-2)21(26)16-18-11-14-25(15-12-18)13-10-17-6-8-19(24)9-7-17/h3-9,18,21,26H,10-16H2,1-2H3. The van der Waals surface area contributed by atoms with Crippen LogP contribution in [0.5, 0.6) is 11.5 Å². The van der Waals surface area contributed by atoms with Crippen molar-refractivity contribution >= 4 is 0 Å². The Bertz CT molecular complexity index is 742. The number of likely N-dealkylation sites (tertiary alicyclic amines) is 1. The molecule has 1 N–H and O–H groups in total. The second-order valence-electron chi connectivity index (χ2n) is 7.50. The van der Waals surface area contributed by atoms with Crippen LogP contribution in [0.25, 0.3) is 0 Å². The van der Waals surface area contributed by atoms with Crippen molar-refractivity contribution in [2.45, 2.75) is 31.8 Å².